The highest BCUT2D eigenvalue weighted by molar-refractivity contribution is 7.10. The molecule has 1 rings (SSSR count). The van der Waals surface area contributed by atoms with Crippen LogP contribution in [0.2, 0.25) is 0 Å². The molecule has 13 heavy (non-hydrogen) atoms. The van der Waals surface area contributed by atoms with E-state index in [0.29, 0.717) is 10.8 Å². The maximum atomic E-state index is 9.72. The molecule has 0 fully saturated rings. The summed E-state index contributed by atoms with van der Waals surface area (Å²) in [6, 6.07) is 3.90. The summed E-state index contributed by atoms with van der Waals surface area (Å²) in [7, 11) is 9.60. The molecule has 0 aliphatic carbocycles. The maximum absolute atomic E-state index is 9.72. The molecule has 1 aromatic rings. The summed E-state index contributed by atoms with van der Waals surface area (Å²) in [6.45, 7) is 0.777. The van der Waals surface area contributed by atoms with Crippen molar-refractivity contribution in [1.29, 1.82) is 0 Å². The van der Waals surface area contributed by atoms with Gasteiger partial charge in [-0.25, -0.2) is 7.98 Å². The Balaban J connectivity index is 2.39. The fourth-order valence-electron chi connectivity index (χ4n) is 1.08. The molecule has 0 amide bonds. The van der Waals surface area contributed by atoms with Gasteiger partial charge in [0.2, 0.25) is 0 Å². The monoisotopic (exact) mass is 196 g/mol. The number of hydrogen-bond donors (Lipinski definition) is 1. The minimum Gasteiger partial charge on any atom is -0.593 e. The van der Waals surface area contributed by atoms with E-state index in [1.54, 1.807) is 11.3 Å². The normalized spacial score (nSPS) is 14.5. The summed E-state index contributed by atoms with van der Waals surface area (Å²) in [4.78, 5) is 1.02. The Morgan fingerprint density at radius 3 is 2.77 bits per heavy atom. The smallest absolute Gasteiger partial charge is 0.0933 e. The molecule has 1 aromatic heterocycles. The van der Waals surface area contributed by atoms with Crippen LogP contribution in [-0.2, 0) is 0 Å². The van der Waals surface area contributed by atoms with Crippen LogP contribution in [-0.4, -0.2) is 38.1 Å². The molecule has 0 aliphatic rings. The summed E-state index contributed by atoms with van der Waals surface area (Å²) in [5, 5.41) is 11.7. The number of nitrogens with zero attached hydrogens (tertiary/aromatic N) is 1. The van der Waals surface area contributed by atoms with Gasteiger partial charge >= 0.3 is 0 Å². The topological polar surface area (TPSA) is 20.2 Å². The number of quaternary nitrogens is 1. The predicted octanol–water partition coefficient (Wildman–Crippen LogP) is 1.33. The zero-order chi connectivity index (χ0) is 9.90. The van der Waals surface area contributed by atoms with Crippen LogP contribution >= 0.6 is 11.3 Å². The van der Waals surface area contributed by atoms with Crippen LogP contribution in [0, 0.1) is 0 Å². The largest absolute Gasteiger partial charge is 0.593 e. The van der Waals surface area contributed by atoms with E-state index in [9.17, 15) is 5.11 Å². The first-order valence-electron chi connectivity index (χ1n) is 4.32. The van der Waals surface area contributed by atoms with E-state index in [1.165, 1.54) is 0 Å². The van der Waals surface area contributed by atoms with Gasteiger partial charge in [0, 0.05) is 31.9 Å². The second-order valence-electron chi connectivity index (χ2n) is 3.82. The van der Waals surface area contributed by atoms with Gasteiger partial charge in [-0.2, -0.15) is 0 Å². The summed E-state index contributed by atoms with van der Waals surface area (Å²) < 4.78 is 0.405. The molecular weight excluding hydrogens is 181 g/mol. The van der Waals surface area contributed by atoms with Gasteiger partial charge in [0.05, 0.1) is 6.10 Å². The van der Waals surface area contributed by atoms with E-state index in [4.69, 9.17) is 7.98 Å². The molecule has 2 nitrogen and oxygen atoms in total. The van der Waals surface area contributed by atoms with Crippen molar-refractivity contribution in [3.8, 4) is 0 Å². The minimum absolute atomic E-state index is 0.360. The highest BCUT2D eigenvalue weighted by Crippen LogP contribution is 2.21. The maximum Gasteiger partial charge on any atom is 0.0933 e. The molecule has 0 saturated carbocycles. The quantitative estimate of drug-likeness (QED) is 0.720. The van der Waals surface area contributed by atoms with Gasteiger partial charge in [-0.05, 0) is 11.4 Å². The molecule has 0 bridgehead atoms. The van der Waals surface area contributed by atoms with Gasteiger partial charge in [-0.1, -0.05) is 6.07 Å². The van der Waals surface area contributed by atoms with Gasteiger partial charge in [0.25, 0.3) is 0 Å². The molecule has 71 valence electrons. The summed E-state index contributed by atoms with van der Waals surface area (Å²) in [5.74, 6) is 0. The molecule has 1 N–H and O–H groups in total. The SMILES string of the molecule is [B-][N+](C)(C)CC[C@H](O)c1cccs1. The van der Waals surface area contributed by atoms with E-state index in [0.717, 1.165) is 11.4 Å². The number of rotatable bonds is 4. The van der Waals surface area contributed by atoms with Crippen molar-refractivity contribution < 1.29 is 9.50 Å². The van der Waals surface area contributed by atoms with Crippen LogP contribution in [0.25, 0.3) is 0 Å². The Morgan fingerprint density at radius 1 is 1.62 bits per heavy atom. The van der Waals surface area contributed by atoms with Crippen molar-refractivity contribution in [2.75, 3.05) is 20.6 Å². The molecule has 3 radical (unpaired) electrons. The van der Waals surface area contributed by atoms with Crippen molar-refractivity contribution in [2.24, 2.45) is 0 Å². The molecule has 0 unspecified atom stereocenters. The number of aliphatic hydroxyl groups is 1. The van der Waals surface area contributed by atoms with E-state index >= 15 is 0 Å². The third-order valence-electron chi connectivity index (χ3n) is 1.85. The Labute approximate surface area is 84.8 Å². The first-order valence-corrected chi connectivity index (χ1v) is 5.20. The summed E-state index contributed by atoms with van der Waals surface area (Å²) >= 11 is 1.58. The van der Waals surface area contributed by atoms with E-state index < -0.39 is 0 Å². The Kier molecular flexibility index (Phi) is 3.53. The van der Waals surface area contributed by atoms with Gasteiger partial charge in [-0.3, -0.25) is 0 Å². The van der Waals surface area contributed by atoms with Crippen molar-refractivity contribution in [2.45, 2.75) is 12.5 Å². The van der Waals surface area contributed by atoms with Gasteiger partial charge in [-0.15, -0.1) is 11.3 Å². The molecule has 4 heteroatoms. The lowest BCUT2D eigenvalue weighted by Gasteiger charge is -2.41. The van der Waals surface area contributed by atoms with E-state index in [2.05, 4.69) is 0 Å². The minimum atomic E-state index is -0.360. The molecule has 1 atom stereocenters. The highest BCUT2D eigenvalue weighted by Gasteiger charge is 2.09. The van der Waals surface area contributed by atoms with Crippen LogP contribution in [0.4, 0.5) is 0 Å². The second kappa shape index (κ2) is 4.27. The number of thiophene rings is 1. The van der Waals surface area contributed by atoms with Crippen LogP contribution in [0.1, 0.15) is 17.4 Å². The van der Waals surface area contributed by atoms with Gasteiger partial charge < -0.3 is 9.50 Å². The number of hydrogen-bond acceptors (Lipinski definition) is 2. The third-order valence-corrected chi connectivity index (χ3v) is 2.82. The molecule has 0 aromatic carbocycles. The van der Waals surface area contributed by atoms with Gasteiger partial charge in [0.15, 0.2) is 0 Å². The van der Waals surface area contributed by atoms with Crippen molar-refractivity contribution in [3.05, 3.63) is 22.4 Å². The first-order chi connectivity index (χ1) is 5.99. The summed E-state index contributed by atoms with van der Waals surface area (Å²) in [5.41, 5.74) is 0. The van der Waals surface area contributed by atoms with Crippen LogP contribution in [0.5, 0.6) is 0 Å². The Bertz CT molecular complexity index is 243. The number of aliphatic hydroxyl groups excluding tert-OH is 1. The molecule has 1 heterocycles. The Morgan fingerprint density at radius 2 is 2.31 bits per heavy atom. The Hall–Kier alpha value is -0.315. The zero-order valence-electron chi connectivity index (χ0n) is 8.10. The van der Waals surface area contributed by atoms with Crippen LogP contribution in [0.3, 0.4) is 0 Å². The van der Waals surface area contributed by atoms with Crippen LogP contribution < -0.4 is 0 Å². The molecule has 0 saturated heterocycles. The zero-order valence-corrected chi connectivity index (χ0v) is 8.92. The average molecular weight is 196 g/mol. The van der Waals surface area contributed by atoms with E-state index in [1.807, 2.05) is 31.6 Å². The molecule has 0 aliphatic heterocycles. The summed E-state index contributed by atoms with van der Waals surface area (Å²) in [6.07, 6.45) is 0.352. The average Bonchev–Trinajstić information content (AvgIpc) is 2.50. The van der Waals surface area contributed by atoms with Crippen molar-refractivity contribution >= 4 is 19.3 Å². The lowest BCUT2D eigenvalue weighted by Crippen LogP contribution is -2.37. The van der Waals surface area contributed by atoms with Crippen molar-refractivity contribution in [3.63, 3.8) is 0 Å². The lowest BCUT2D eigenvalue weighted by molar-refractivity contribution is -0.774. The second-order valence-corrected chi connectivity index (χ2v) is 4.80. The fraction of sp³-hybridized carbons (Fsp3) is 0.556. The van der Waals surface area contributed by atoms with Crippen LogP contribution in [0.15, 0.2) is 17.5 Å². The predicted molar refractivity (Wildman–Crippen MR) is 56.6 cm³/mol. The fourth-order valence-corrected chi connectivity index (χ4v) is 1.82. The highest BCUT2D eigenvalue weighted by atomic mass is 32.1. The van der Waals surface area contributed by atoms with E-state index in [-0.39, 0.29) is 6.10 Å². The van der Waals surface area contributed by atoms with Crippen molar-refractivity contribution in [1.82, 2.24) is 0 Å². The lowest BCUT2D eigenvalue weighted by atomic mass is 10.1. The molecule has 0 spiro atoms. The third kappa shape index (κ3) is 3.94. The van der Waals surface area contributed by atoms with Gasteiger partial charge in [0.1, 0.15) is 0 Å². The molecular formula is C9H15BNOS. The first kappa shape index (κ1) is 10.8. The standard InChI is InChI=1S/C9H15BNOS/c1-11(2,10)6-5-8(12)9-4-3-7-13-9/h3-4,7-8,12H,5-6H2,1-2H3/t8-/m0/s1.